The van der Waals surface area contributed by atoms with Gasteiger partial charge in [-0.3, -0.25) is 9.78 Å². The molecule has 0 bridgehead atoms. The highest BCUT2D eigenvalue weighted by Gasteiger charge is 2.15. The minimum atomic E-state index is -0.636. The molecular weight excluding hydrogens is 380 g/mol. The summed E-state index contributed by atoms with van der Waals surface area (Å²) >= 11 is 7.65. The van der Waals surface area contributed by atoms with Crippen molar-refractivity contribution in [1.29, 1.82) is 0 Å². The lowest BCUT2D eigenvalue weighted by Gasteiger charge is -2.15. The van der Waals surface area contributed by atoms with Gasteiger partial charge in [-0.25, -0.2) is 0 Å². The third-order valence-corrected chi connectivity index (χ3v) is 5.05. The average molecular weight is 399 g/mol. The molecule has 3 rings (SSSR count). The van der Waals surface area contributed by atoms with Crippen LogP contribution >= 0.6 is 23.4 Å². The van der Waals surface area contributed by atoms with Crippen LogP contribution in [0.5, 0.6) is 5.75 Å². The second-order valence-electron chi connectivity index (χ2n) is 5.88. The molecule has 1 N–H and O–H groups in total. The molecule has 138 valence electrons. The number of rotatable bonds is 7. The van der Waals surface area contributed by atoms with Gasteiger partial charge in [0, 0.05) is 33.8 Å². The Hall–Kier alpha value is -2.50. The standard InChI is InChI=1S/C21H19ClN2O2S/c1-15(26-19-6-2-5-17(22)12-19)21(25)24-18-7-9-20(10-8-18)27-14-16-4-3-11-23-13-16/h2-13,15H,14H2,1H3,(H,24,25). The number of carbonyl (C=O) groups is 1. The van der Waals surface area contributed by atoms with Crippen LogP contribution < -0.4 is 10.1 Å². The number of pyridine rings is 1. The zero-order valence-corrected chi connectivity index (χ0v) is 16.3. The van der Waals surface area contributed by atoms with E-state index in [1.54, 1.807) is 49.1 Å². The van der Waals surface area contributed by atoms with Gasteiger partial charge in [-0.15, -0.1) is 11.8 Å². The predicted octanol–water partition coefficient (Wildman–Crippen LogP) is 5.43. The Morgan fingerprint density at radius 1 is 1.19 bits per heavy atom. The lowest BCUT2D eigenvalue weighted by atomic mass is 10.3. The van der Waals surface area contributed by atoms with Gasteiger partial charge < -0.3 is 10.1 Å². The number of aromatic nitrogens is 1. The van der Waals surface area contributed by atoms with Crippen LogP contribution in [-0.2, 0) is 10.5 Å². The third-order valence-electron chi connectivity index (χ3n) is 3.73. The maximum Gasteiger partial charge on any atom is 0.265 e. The minimum Gasteiger partial charge on any atom is -0.481 e. The first-order valence-electron chi connectivity index (χ1n) is 8.45. The molecule has 1 atom stereocenters. The number of carbonyl (C=O) groups excluding carboxylic acids is 1. The van der Waals surface area contributed by atoms with E-state index in [9.17, 15) is 4.79 Å². The van der Waals surface area contributed by atoms with Crippen LogP contribution in [0.1, 0.15) is 12.5 Å². The third kappa shape index (κ3) is 6.01. The summed E-state index contributed by atoms with van der Waals surface area (Å²) < 4.78 is 5.63. The first-order valence-corrected chi connectivity index (χ1v) is 9.81. The van der Waals surface area contributed by atoms with Crippen molar-refractivity contribution in [3.8, 4) is 5.75 Å². The van der Waals surface area contributed by atoms with Crippen LogP contribution in [0.4, 0.5) is 5.69 Å². The van der Waals surface area contributed by atoms with Crippen LogP contribution in [-0.4, -0.2) is 17.0 Å². The van der Waals surface area contributed by atoms with Gasteiger partial charge in [0.1, 0.15) is 5.75 Å². The molecule has 1 unspecified atom stereocenters. The van der Waals surface area contributed by atoms with Gasteiger partial charge in [0.25, 0.3) is 5.91 Å². The average Bonchev–Trinajstić information content (AvgIpc) is 2.68. The Bertz CT molecular complexity index is 888. The fourth-order valence-electron chi connectivity index (χ4n) is 2.33. The van der Waals surface area contributed by atoms with Gasteiger partial charge in [-0.2, -0.15) is 0 Å². The Kier molecular flexibility index (Phi) is 6.74. The van der Waals surface area contributed by atoms with Crippen molar-refractivity contribution in [2.24, 2.45) is 0 Å². The van der Waals surface area contributed by atoms with Gasteiger partial charge in [-0.05, 0) is 61.0 Å². The summed E-state index contributed by atoms with van der Waals surface area (Å²) in [5.74, 6) is 1.20. The van der Waals surface area contributed by atoms with Crippen LogP contribution in [0.2, 0.25) is 5.02 Å². The number of nitrogens with one attached hydrogen (secondary N) is 1. The molecule has 1 amide bonds. The molecule has 0 radical (unpaired) electrons. The summed E-state index contributed by atoms with van der Waals surface area (Å²) in [7, 11) is 0. The minimum absolute atomic E-state index is 0.217. The van der Waals surface area contributed by atoms with Crippen molar-refractivity contribution in [3.05, 3.63) is 83.6 Å². The summed E-state index contributed by atoms with van der Waals surface area (Å²) in [6.45, 7) is 1.70. The van der Waals surface area contributed by atoms with Crippen LogP contribution in [0.15, 0.2) is 78.0 Å². The second-order valence-corrected chi connectivity index (χ2v) is 7.37. The van der Waals surface area contributed by atoms with E-state index in [0.29, 0.717) is 10.8 Å². The number of amides is 1. The fraction of sp³-hybridized carbons (Fsp3) is 0.143. The highest BCUT2D eigenvalue weighted by atomic mass is 35.5. The molecule has 4 nitrogen and oxygen atoms in total. The van der Waals surface area contributed by atoms with E-state index in [-0.39, 0.29) is 5.91 Å². The zero-order valence-electron chi connectivity index (χ0n) is 14.8. The zero-order chi connectivity index (χ0) is 19.1. The van der Waals surface area contributed by atoms with Crippen molar-refractivity contribution in [3.63, 3.8) is 0 Å². The molecule has 0 fully saturated rings. The Balaban J connectivity index is 1.51. The van der Waals surface area contributed by atoms with E-state index in [0.717, 1.165) is 16.3 Å². The highest BCUT2D eigenvalue weighted by molar-refractivity contribution is 7.98. The summed E-state index contributed by atoms with van der Waals surface area (Å²) in [6.07, 6.45) is 2.99. The first kappa shape index (κ1) is 19.3. The van der Waals surface area contributed by atoms with E-state index in [2.05, 4.69) is 16.4 Å². The Morgan fingerprint density at radius 3 is 2.70 bits per heavy atom. The maximum atomic E-state index is 12.3. The highest BCUT2D eigenvalue weighted by Crippen LogP contribution is 2.24. The summed E-state index contributed by atoms with van der Waals surface area (Å²) in [6, 6.07) is 18.7. The van der Waals surface area contributed by atoms with Gasteiger partial charge in [0.05, 0.1) is 0 Å². The molecule has 6 heteroatoms. The van der Waals surface area contributed by atoms with Gasteiger partial charge >= 0.3 is 0 Å². The second kappa shape index (κ2) is 9.44. The van der Waals surface area contributed by atoms with Crippen molar-refractivity contribution >= 4 is 35.0 Å². The van der Waals surface area contributed by atoms with Crippen molar-refractivity contribution in [1.82, 2.24) is 4.98 Å². The Labute approximate surface area is 167 Å². The summed E-state index contributed by atoms with van der Waals surface area (Å²) in [4.78, 5) is 17.6. The quantitative estimate of drug-likeness (QED) is 0.539. The van der Waals surface area contributed by atoms with Crippen LogP contribution in [0, 0.1) is 0 Å². The number of hydrogen-bond acceptors (Lipinski definition) is 4. The molecule has 3 aromatic rings. The maximum absolute atomic E-state index is 12.3. The first-order chi connectivity index (χ1) is 13.1. The topological polar surface area (TPSA) is 51.2 Å². The molecule has 0 aliphatic rings. The molecule has 2 aromatic carbocycles. The Morgan fingerprint density at radius 2 is 2.00 bits per heavy atom. The summed E-state index contributed by atoms with van der Waals surface area (Å²) in [5.41, 5.74) is 1.90. The van der Waals surface area contributed by atoms with Crippen molar-refractivity contribution in [2.45, 2.75) is 23.7 Å². The molecule has 0 saturated heterocycles. The number of anilines is 1. The predicted molar refractivity (Wildman–Crippen MR) is 110 cm³/mol. The number of thioether (sulfide) groups is 1. The smallest absolute Gasteiger partial charge is 0.265 e. The van der Waals surface area contributed by atoms with E-state index in [4.69, 9.17) is 16.3 Å². The largest absolute Gasteiger partial charge is 0.481 e. The molecule has 0 spiro atoms. The van der Waals surface area contributed by atoms with E-state index >= 15 is 0 Å². The molecule has 1 heterocycles. The molecule has 0 aliphatic heterocycles. The van der Waals surface area contributed by atoms with Gasteiger partial charge in [0.2, 0.25) is 0 Å². The van der Waals surface area contributed by atoms with E-state index < -0.39 is 6.10 Å². The van der Waals surface area contributed by atoms with Crippen LogP contribution in [0.3, 0.4) is 0 Å². The summed E-state index contributed by atoms with van der Waals surface area (Å²) in [5, 5.41) is 3.43. The number of ether oxygens (including phenoxy) is 1. The molecule has 0 aliphatic carbocycles. The number of hydrogen-bond donors (Lipinski definition) is 1. The van der Waals surface area contributed by atoms with E-state index in [1.165, 1.54) is 5.56 Å². The van der Waals surface area contributed by atoms with Crippen molar-refractivity contribution < 1.29 is 9.53 Å². The van der Waals surface area contributed by atoms with Crippen LogP contribution in [0.25, 0.3) is 0 Å². The number of nitrogens with zero attached hydrogens (tertiary/aromatic N) is 1. The van der Waals surface area contributed by atoms with E-state index in [1.807, 2.05) is 36.5 Å². The normalized spacial score (nSPS) is 11.6. The monoisotopic (exact) mass is 398 g/mol. The molecular formula is C21H19ClN2O2S. The van der Waals surface area contributed by atoms with Crippen molar-refractivity contribution in [2.75, 3.05) is 5.32 Å². The molecule has 27 heavy (non-hydrogen) atoms. The van der Waals surface area contributed by atoms with Gasteiger partial charge in [-0.1, -0.05) is 23.7 Å². The lowest BCUT2D eigenvalue weighted by Crippen LogP contribution is -2.30. The lowest BCUT2D eigenvalue weighted by molar-refractivity contribution is -0.122. The molecule has 1 aromatic heterocycles. The van der Waals surface area contributed by atoms with Gasteiger partial charge in [0.15, 0.2) is 6.10 Å². The number of benzene rings is 2. The number of halogens is 1. The fourth-order valence-corrected chi connectivity index (χ4v) is 3.34. The molecule has 0 saturated carbocycles. The SMILES string of the molecule is CC(Oc1cccc(Cl)c1)C(=O)Nc1ccc(SCc2cccnc2)cc1.